The average molecular weight is 308 g/mol. The lowest BCUT2D eigenvalue weighted by Crippen LogP contribution is -2.48. The van der Waals surface area contributed by atoms with Crippen molar-refractivity contribution in [3.63, 3.8) is 0 Å². The highest BCUT2D eigenvalue weighted by Crippen LogP contribution is 2.08. The van der Waals surface area contributed by atoms with Gasteiger partial charge in [0.2, 0.25) is 0 Å². The second-order valence-corrected chi connectivity index (χ2v) is 6.28. The van der Waals surface area contributed by atoms with Crippen LogP contribution in [0.5, 0.6) is 0 Å². The molecule has 2 atom stereocenters. The van der Waals surface area contributed by atoms with Gasteiger partial charge in [-0.25, -0.2) is 4.39 Å². The summed E-state index contributed by atoms with van der Waals surface area (Å²) in [6, 6.07) is 8.01. The molecule has 1 aromatic rings. The van der Waals surface area contributed by atoms with Gasteiger partial charge in [-0.1, -0.05) is 12.1 Å². The normalized spacial score (nSPS) is 26.1. The summed E-state index contributed by atoms with van der Waals surface area (Å²) in [5, 5.41) is 10.00. The minimum Gasteiger partial charge on any atom is -0.314 e. The third kappa shape index (κ3) is 6.40. The molecule has 4 nitrogen and oxygen atoms in total. The first-order valence-corrected chi connectivity index (χ1v) is 8.28. The molecule has 0 radical (unpaired) electrons. The molecular weight excluding hydrogens is 279 g/mol. The Balaban J connectivity index is 0.000000211. The summed E-state index contributed by atoms with van der Waals surface area (Å²) >= 11 is 0. The first-order chi connectivity index (χ1) is 10.6. The number of piperazine rings is 2. The van der Waals surface area contributed by atoms with E-state index >= 15 is 0 Å². The number of rotatable bonds is 2. The third-order valence-corrected chi connectivity index (χ3v) is 4.02. The Morgan fingerprint density at radius 1 is 1.05 bits per heavy atom. The van der Waals surface area contributed by atoms with E-state index in [1.165, 1.54) is 17.7 Å². The van der Waals surface area contributed by atoms with Crippen molar-refractivity contribution in [2.75, 3.05) is 39.3 Å². The van der Waals surface area contributed by atoms with Gasteiger partial charge in [-0.2, -0.15) is 0 Å². The molecule has 0 unspecified atom stereocenters. The van der Waals surface area contributed by atoms with Crippen LogP contribution >= 0.6 is 0 Å². The maximum absolute atomic E-state index is 12.7. The zero-order chi connectivity index (χ0) is 15.8. The van der Waals surface area contributed by atoms with Gasteiger partial charge in [0, 0.05) is 57.9 Å². The van der Waals surface area contributed by atoms with Gasteiger partial charge in [-0.05, 0) is 31.5 Å². The van der Waals surface area contributed by atoms with Gasteiger partial charge >= 0.3 is 0 Å². The monoisotopic (exact) mass is 308 g/mol. The van der Waals surface area contributed by atoms with Gasteiger partial charge in [0.1, 0.15) is 5.82 Å². The summed E-state index contributed by atoms with van der Waals surface area (Å²) in [7, 11) is 0. The van der Waals surface area contributed by atoms with E-state index in [0.717, 1.165) is 45.8 Å². The second-order valence-electron chi connectivity index (χ2n) is 6.28. The number of hydrogen-bond acceptors (Lipinski definition) is 4. The molecule has 0 saturated carbocycles. The third-order valence-electron chi connectivity index (χ3n) is 4.02. The van der Waals surface area contributed by atoms with Gasteiger partial charge in [-0.3, -0.25) is 4.90 Å². The fourth-order valence-corrected chi connectivity index (χ4v) is 2.80. The van der Waals surface area contributed by atoms with Gasteiger partial charge in [-0.15, -0.1) is 0 Å². The van der Waals surface area contributed by atoms with Crippen molar-refractivity contribution < 1.29 is 4.39 Å². The first kappa shape index (κ1) is 17.3. The number of nitrogens with one attached hydrogen (secondary N) is 3. The predicted molar refractivity (Wildman–Crippen MR) is 89.5 cm³/mol. The zero-order valence-electron chi connectivity index (χ0n) is 13.7. The lowest BCUT2D eigenvalue weighted by molar-refractivity contribution is 0.199. The number of nitrogens with zero attached hydrogens (tertiary/aromatic N) is 1. The zero-order valence-corrected chi connectivity index (χ0v) is 13.7. The van der Waals surface area contributed by atoms with Crippen molar-refractivity contribution in [3.8, 4) is 0 Å². The van der Waals surface area contributed by atoms with E-state index in [9.17, 15) is 4.39 Å². The fraction of sp³-hybridized carbons (Fsp3) is 0.647. The summed E-state index contributed by atoms with van der Waals surface area (Å²) in [6.45, 7) is 11.9. The molecule has 0 aliphatic carbocycles. The molecule has 1 aromatic carbocycles. The lowest BCUT2D eigenvalue weighted by Gasteiger charge is -2.31. The smallest absolute Gasteiger partial charge is 0.123 e. The van der Waals surface area contributed by atoms with Crippen molar-refractivity contribution in [2.24, 2.45) is 0 Å². The topological polar surface area (TPSA) is 39.3 Å². The quantitative estimate of drug-likeness (QED) is 0.767. The van der Waals surface area contributed by atoms with Gasteiger partial charge in [0.25, 0.3) is 0 Å². The highest BCUT2D eigenvalue weighted by molar-refractivity contribution is 5.16. The van der Waals surface area contributed by atoms with Crippen molar-refractivity contribution in [1.82, 2.24) is 20.9 Å². The highest BCUT2D eigenvalue weighted by atomic mass is 19.1. The number of benzene rings is 1. The number of halogens is 1. The van der Waals surface area contributed by atoms with Crippen LogP contribution in [0.4, 0.5) is 4.39 Å². The molecule has 0 spiro atoms. The van der Waals surface area contributed by atoms with E-state index in [1.54, 1.807) is 0 Å². The largest absolute Gasteiger partial charge is 0.314 e. The molecule has 2 heterocycles. The standard InChI is InChI=1S/C12H17FN2.C5H12N2/c1-10-8-15(7-6-14-10)9-11-2-4-12(13)5-3-11;1-5-4-6-2-3-7-5/h2-5,10,14H,6-9H2,1H3;5-7H,2-4H2,1H3/t10-;5-/m11/s1. The average Bonchev–Trinajstić information content (AvgIpc) is 2.51. The van der Waals surface area contributed by atoms with Crippen LogP contribution in [0.1, 0.15) is 19.4 Å². The van der Waals surface area contributed by atoms with E-state index in [-0.39, 0.29) is 5.82 Å². The Bertz CT molecular complexity index is 417. The Labute approximate surface area is 133 Å². The van der Waals surface area contributed by atoms with E-state index in [0.29, 0.717) is 12.1 Å². The Kier molecular flexibility index (Phi) is 7.25. The van der Waals surface area contributed by atoms with Crippen LogP contribution in [-0.2, 0) is 6.54 Å². The Morgan fingerprint density at radius 3 is 2.32 bits per heavy atom. The SMILES string of the molecule is C[C@@H]1CN(Cc2ccc(F)cc2)CCN1.C[C@@H]1CNCCN1. The summed E-state index contributed by atoms with van der Waals surface area (Å²) in [4.78, 5) is 2.40. The van der Waals surface area contributed by atoms with Gasteiger partial charge in [0.05, 0.1) is 0 Å². The predicted octanol–water partition coefficient (Wildman–Crippen LogP) is 1.19. The molecule has 0 bridgehead atoms. The van der Waals surface area contributed by atoms with Crippen LogP contribution < -0.4 is 16.0 Å². The maximum atomic E-state index is 12.7. The van der Waals surface area contributed by atoms with E-state index in [4.69, 9.17) is 0 Å². The fourth-order valence-electron chi connectivity index (χ4n) is 2.80. The first-order valence-electron chi connectivity index (χ1n) is 8.28. The molecule has 0 amide bonds. The molecule has 2 saturated heterocycles. The Morgan fingerprint density at radius 2 is 1.77 bits per heavy atom. The molecule has 3 N–H and O–H groups in total. The summed E-state index contributed by atoms with van der Waals surface area (Å²) in [5.74, 6) is -0.160. The van der Waals surface area contributed by atoms with Crippen LogP contribution in [0.25, 0.3) is 0 Å². The van der Waals surface area contributed by atoms with E-state index in [1.807, 2.05) is 12.1 Å². The van der Waals surface area contributed by atoms with Gasteiger partial charge in [0.15, 0.2) is 0 Å². The van der Waals surface area contributed by atoms with Crippen LogP contribution in [0.2, 0.25) is 0 Å². The molecule has 5 heteroatoms. The van der Waals surface area contributed by atoms with Crippen molar-refractivity contribution in [2.45, 2.75) is 32.5 Å². The lowest BCUT2D eigenvalue weighted by atomic mass is 10.1. The maximum Gasteiger partial charge on any atom is 0.123 e. The molecule has 2 aliphatic heterocycles. The van der Waals surface area contributed by atoms with Crippen LogP contribution in [0, 0.1) is 5.82 Å². The molecule has 22 heavy (non-hydrogen) atoms. The summed E-state index contributed by atoms with van der Waals surface area (Å²) in [6.07, 6.45) is 0. The molecule has 0 aromatic heterocycles. The van der Waals surface area contributed by atoms with Gasteiger partial charge < -0.3 is 16.0 Å². The Hall–Kier alpha value is -1.01. The molecule has 2 fully saturated rings. The number of hydrogen-bond donors (Lipinski definition) is 3. The van der Waals surface area contributed by atoms with Crippen molar-refractivity contribution in [1.29, 1.82) is 0 Å². The summed E-state index contributed by atoms with van der Waals surface area (Å²) in [5.41, 5.74) is 1.19. The van der Waals surface area contributed by atoms with E-state index < -0.39 is 0 Å². The molecule has 124 valence electrons. The highest BCUT2D eigenvalue weighted by Gasteiger charge is 2.15. The molecular formula is C17H29FN4. The van der Waals surface area contributed by atoms with Crippen LogP contribution in [0.15, 0.2) is 24.3 Å². The van der Waals surface area contributed by atoms with E-state index in [2.05, 4.69) is 34.7 Å². The summed E-state index contributed by atoms with van der Waals surface area (Å²) < 4.78 is 12.7. The van der Waals surface area contributed by atoms with Crippen molar-refractivity contribution in [3.05, 3.63) is 35.6 Å². The molecule has 2 aliphatic rings. The molecule has 3 rings (SSSR count). The minimum atomic E-state index is -0.160. The second kappa shape index (κ2) is 9.20. The van der Waals surface area contributed by atoms with Crippen LogP contribution in [-0.4, -0.2) is 56.3 Å². The minimum absolute atomic E-state index is 0.160. The van der Waals surface area contributed by atoms with Crippen molar-refractivity contribution >= 4 is 0 Å². The van der Waals surface area contributed by atoms with Crippen LogP contribution in [0.3, 0.4) is 0 Å².